The first-order chi connectivity index (χ1) is 8.90. The average Bonchev–Trinajstić information content (AvgIpc) is 2.37. The van der Waals surface area contributed by atoms with Crippen LogP contribution in [0.25, 0.3) is 0 Å². The van der Waals surface area contributed by atoms with Crippen molar-refractivity contribution in [2.24, 2.45) is 0 Å². The fourth-order valence-electron chi connectivity index (χ4n) is 1.30. The number of amides is 1. The Morgan fingerprint density at radius 2 is 1.89 bits per heavy atom. The van der Waals surface area contributed by atoms with Gasteiger partial charge in [0.1, 0.15) is 5.75 Å². The van der Waals surface area contributed by atoms with Crippen LogP contribution in [0.4, 0.5) is 0 Å². The van der Waals surface area contributed by atoms with Crippen molar-refractivity contribution in [1.82, 2.24) is 5.32 Å². The van der Waals surface area contributed by atoms with Crippen LogP contribution in [0.15, 0.2) is 24.3 Å². The van der Waals surface area contributed by atoms with Crippen molar-refractivity contribution in [2.45, 2.75) is 26.1 Å². The monoisotopic (exact) mass is 267 g/mol. The topological polar surface area (TPSA) is 95.9 Å². The number of carboxylic acids is 1. The van der Waals surface area contributed by atoms with Crippen LogP contribution in [-0.4, -0.2) is 40.8 Å². The number of aryl methyl sites for hydroxylation is 1. The molecule has 2 atom stereocenters. The zero-order chi connectivity index (χ0) is 14.4. The Balaban J connectivity index is 2.44. The minimum Gasteiger partial charge on any atom is -0.481 e. The minimum absolute atomic E-state index is 0.351. The summed E-state index contributed by atoms with van der Waals surface area (Å²) in [5.74, 6) is -1.32. The first kappa shape index (κ1) is 15.0. The fourth-order valence-corrected chi connectivity index (χ4v) is 1.30. The first-order valence-electron chi connectivity index (χ1n) is 5.82. The molecule has 0 spiro atoms. The summed E-state index contributed by atoms with van der Waals surface area (Å²) < 4.78 is 5.38. The van der Waals surface area contributed by atoms with Gasteiger partial charge in [-0.1, -0.05) is 17.7 Å². The van der Waals surface area contributed by atoms with E-state index >= 15 is 0 Å². The maximum Gasteiger partial charge on any atom is 0.334 e. The van der Waals surface area contributed by atoms with Crippen LogP contribution >= 0.6 is 0 Å². The number of carbonyl (C=O) groups excluding carboxylic acids is 1. The van der Waals surface area contributed by atoms with Gasteiger partial charge in [-0.05, 0) is 26.0 Å². The summed E-state index contributed by atoms with van der Waals surface area (Å²) in [5.41, 5.74) is 1.08. The lowest BCUT2D eigenvalue weighted by molar-refractivity contribution is -0.146. The van der Waals surface area contributed by atoms with Crippen LogP contribution in [0.5, 0.6) is 5.75 Å². The minimum atomic E-state index is -1.62. The molecule has 0 aromatic heterocycles. The van der Waals surface area contributed by atoms with E-state index in [1.807, 2.05) is 19.1 Å². The van der Waals surface area contributed by atoms with E-state index < -0.39 is 24.1 Å². The third-order valence-electron chi connectivity index (χ3n) is 2.46. The standard InChI is InChI=1S/C13H17NO5/c1-8-3-5-10(6-4-8)19-9(2)12(16)14-7-11(15)13(17)18/h3-6,9,11,15H,7H2,1-2H3,(H,14,16)(H,17,18). The van der Waals surface area contributed by atoms with Gasteiger partial charge in [-0.25, -0.2) is 4.79 Å². The van der Waals surface area contributed by atoms with Crippen LogP contribution in [0.2, 0.25) is 0 Å². The molecule has 1 amide bonds. The number of aliphatic hydroxyl groups is 1. The molecule has 1 aromatic carbocycles. The van der Waals surface area contributed by atoms with E-state index in [2.05, 4.69) is 5.32 Å². The van der Waals surface area contributed by atoms with Crippen LogP contribution in [0.3, 0.4) is 0 Å². The van der Waals surface area contributed by atoms with E-state index in [1.54, 1.807) is 19.1 Å². The molecule has 0 saturated heterocycles. The molecule has 0 saturated carbocycles. The molecule has 0 radical (unpaired) electrons. The number of aliphatic carboxylic acids is 1. The van der Waals surface area contributed by atoms with Gasteiger partial charge in [-0.15, -0.1) is 0 Å². The van der Waals surface area contributed by atoms with Gasteiger partial charge in [0, 0.05) is 0 Å². The molecule has 0 fully saturated rings. The van der Waals surface area contributed by atoms with Crippen molar-refractivity contribution in [3.05, 3.63) is 29.8 Å². The zero-order valence-electron chi connectivity index (χ0n) is 10.8. The predicted molar refractivity (Wildman–Crippen MR) is 67.9 cm³/mol. The van der Waals surface area contributed by atoms with Gasteiger partial charge in [-0.3, -0.25) is 4.79 Å². The largest absolute Gasteiger partial charge is 0.481 e. The second-order valence-corrected chi connectivity index (χ2v) is 4.17. The normalized spacial score (nSPS) is 13.4. The van der Waals surface area contributed by atoms with E-state index in [1.165, 1.54) is 0 Å². The molecule has 1 aromatic rings. The fraction of sp³-hybridized carbons (Fsp3) is 0.385. The number of hydrogen-bond donors (Lipinski definition) is 3. The molecule has 0 aliphatic heterocycles. The maximum atomic E-state index is 11.6. The summed E-state index contributed by atoms with van der Waals surface area (Å²) in [6.07, 6.45) is -2.39. The van der Waals surface area contributed by atoms with Crippen molar-refractivity contribution in [1.29, 1.82) is 0 Å². The highest BCUT2D eigenvalue weighted by Crippen LogP contribution is 2.13. The quantitative estimate of drug-likeness (QED) is 0.690. The van der Waals surface area contributed by atoms with Gasteiger partial charge >= 0.3 is 5.97 Å². The Kier molecular flexibility index (Phi) is 5.32. The molecule has 2 unspecified atom stereocenters. The Bertz CT molecular complexity index is 443. The van der Waals surface area contributed by atoms with E-state index in [9.17, 15) is 9.59 Å². The molecule has 0 aliphatic rings. The highest BCUT2D eigenvalue weighted by atomic mass is 16.5. The second-order valence-electron chi connectivity index (χ2n) is 4.17. The lowest BCUT2D eigenvalue weighted by Crippen LogP contribution is -2.42. The molecule has 1 rings (SSSR count). The molecule has 6 heteroatoms. The number of hydrogen-bond acceptors (Lipinski definition) is 4. The summed E-state index contributed by atoms with van der Waals surface area (Å²) in [5, 5.41) is 19.8. The van der Waals surface area contributed by atoms with Gasteiger partial charge in [-0.2, -0.15) is 0 Å². The molecular formula is C13H17NO5. The molecule has 0 heterocycles. The lowest BCUT2D eigenvalue weighted by atomic mass is 10.2. The smallest absolute Gasteiger partial charge is 0.334 e. The van der Waals surface area contributed by atoms with Crippen LogP contribution < -0.4 is 10.1 Å². The first-order valence-corrected chi connectivity index (χ1v) is 5.82. The average molecular weight is 267 g/mol. The summed E-state index contributed by atoms with van der Waals surface area (Å²) in [4.78, 5) is 22.0. The Labute approximate surface area is 111 Å². The molecule has 0 aliphatic carbocycles. The summed E-state index contributed by atoms with van der Waals surface area (Å²) in [6, 6.07) is 7.19. The number of carbonyl (C=O) groups is 2. The van der Waals surface area contributed by atoms with Gasteiger partial charge in [0.25, 0.3) is 5.91 Å². The number of benzene rings is 1. The summed E-state index contributed by atoms with van der Waals surface area (Å²) in [6.45, 7) is 3.13. The number of carboxylic acid groups (broad SMARTS) is 1. The van der Waals surface area contributed by atoms with Crippen molar-refractivity contribution >= 4 is 11.9 Å². The van der Waals surface area contributed by atoms with Crippen LogP contribution in [0, 0.1) is 6.92 Å². The Morgan fingerprint density at radius 1 is 1.32 bits per heavy atom. The van der Waals surface area contributed by atoms with E-state index in [0.29, 0.717) is 5.75 Å². The predicted octanol–water partition coefficient (Wildman–Crippen LogP) is 0.324. The number of ether oxygens (including phenoxy) is 1. The van der Waals surface area contributed by atoms with Crippen molar-refractivity contribution in [3.63, 3.8) is 0 Å². The van der Waals surface area contributed by atoms with Gasteiger partial charge in [0.2, 0.25) is 0 Å². The third kappa shape index (κ3) is 4.97. The van der Waals surface area contributed by atoms with Crippen molar-refractivity contribution < 1.29 is 24.5 Å². The highest BCUT2D eigenvalue weighted by Gasteiger charge is 2.18. The van der Waals surface area contributed by atoms with Crippen LogP contribution in [-0.2, 0) is 9.59 Å². The van der Waals surface area contributed by atoms with E-state index in [0.717, 1.165) is 5.56 Å². The molecular weight excluding hydrogens is 250 g/mol. The molecule has 104 valence electrons. The molecule has 19 heavy (non-hydrogen) atoms. The van der Waals surface area contributed by atoms with Gasteiger partial charge in [0.05, 0.1) is 6.54 Å². The SMILES string of the molecule is Cc1ccc(OC(C)C(=O)NCC(O)C(=O)O)cc1. The Hall–Kier alpha value is -2.08. The maximum absolute atomic E-state index is 11.6. The zero-order valence-corrected chi connectivity index (χ0v) is 10.8. The van der Waals surface area contributed by atoms with Crippen molar-refractivity contribution in [2.75, 3.05) is 6.54 Å². The number of rotatable bonds is 6. The summed E-state index contributed by atoms with van der Waals surface area (Å²) >= 11 is 0. The number of nitrogens with one attached hydrogen (secondary N) is 1. The van der Waals surface area contributed by atoms with E-state index in [-0.39, 0.29) is 6.54 Å². The van der Waals surface area contributed by atoms with Gasteiger partial charge in [0.15, 0.2) is 12.2 Å². The molecule has 3 N–H and O–H groups in total. The van der Waals surface area contributed by atoms with E-state index in [4.69, 9.17) is 14.9 Å². The lowest BCUT2D eigenvalue weighted by Gasteiger charge is -2.15. The summed E-state index contributed by atoms with van der Waals surface area (Å²) in [7, 11) is 0. The number of aliphatic hydroxyl groups excluding tert-OH is 1. The van der Waals surface area contributed by atoms with Crippen molar-refractivity contribution in [3.8, 4) is 5.75 Å². The second kappa shape index (κ2) is 6.75. The highest BCUT2D eigenvalue weighted by molar-refractivity contribution is 5.81. The third-order valence-corrected chi connectivity index (χ3v) is 2.46. The molecule has 0 bridgehead atoms. The Morgan fingerprint density at radius 3 is 2.42 bits per heavy atom. The van der Waals surface area contributed by atoms with Gasteiger partial charge < -0.3 is 20.3 Å². The van der Waals surface area contributed by atoms with Crippen LogP contribution in [0.1, 0.15) is 12.5 Å². The molecule has 6 nitrogen and oxygen atoms in total.